The molecular weight excluding hydrogens is 452 g/mol. The molecule has 1 aromatic carbocycles. The lowest BCUT2D eigenvalue weighted by atomic mass is 10.1. The van der Waals surface area contributed by atoms with Crippen molar-refractivity contribution >= 4 is 11.9 Å². The molecule has 0 radical (unpaired) electrons. The summed E-state index contributed by atoms with van der Waals surface area (Å²) in [6.45, 7) is 11.5. The average Bonchev–Trinajstić information content (AvgIpc) is 2.82. The number of para-hydroxylation sites is 1. The van der Waals surface area contributed by atoms with Gasteiger partial charge >= 0.3 is 11.9 Å². The molecule has 0 aliphatic heterocycles. The second kappa shape index (κ2) is 20.1. The van der Waals surface area contributed by atoms with E-state index in [1.807, 2.05) is 0 Å². The third-order valence-electron chi connectivity index (χ3n) is 6.21. The van der Waals surface area contributed by atoms with Crippen molar-refractivity contribution in [2.24, 2.45) is 11.8 Å². The number of unbranched alkanes of at least 4 members (excludes halogenated alkanes) is 8. The fourth-order valence-corrected chi connectivity index (χ4v) is 4.01. The molecule has 0 N–H and O–H groups in total. The van der Waals surface area contributed by atoms with Gasteiger partial charge in [-0.05, 0) is 43.2 Å². The first kappa shape index (κ1) is 32.0. The minimum atomic E-state index is -0.319. The quantitative estimate of drug-likeness (QED) is 0.0949. The highest BCUT2D eigenvalue weighted by molar-refractivity contribution is 5.77. The van der Waals surface area contributed by atoms with Crippen LogP contribution in [0, 0.1) is 11.8 Å². The van der Waals surface area contributed by atoms with E-state index in [9.17, 15) is 9.59 Å². The number of benzene rings is 1. The zero-order valence-electron chi connectivity index (χ0n) is 23.7. The molecule has 0 spiro atoms. The number of hydrogen-bond acceptors (Lipinski definition) is 5. The van der Waals surface area contributed by atoms with Crippen LogP contribution in [0.3, 0.4) is 0 Å². The molecule has 36 heavy (non-hydrogen) atoms. The molecule has 0 atom stereocenters. The van der Waals surface area contributed by atoms with Crippen LogP contribution in [0.1, 0.15) is 131 Å². The molecule has 0 aliphatic rings. The van der Waals surface area contributed by atoms with Gasteiger partial charge in [-0.25, -0.2) is 0 Å². The Morgan fingerprint density at radius 3 is 1.78 bits per heavy atom. The third kappa shape index (κ3) is 15.9. The van der Waals surface area contributed by atoms with Crippen LogP contribution in [-0.2, 0) is 9.59 Å². The van der Waals surface area contributed by atoms with Crippen molar-refractivity contribution in [3.8, 4) is 17.2 Å². The molecule has 1 rings (SSSR count). The van der Waals surface area contributed by atoms with Gasteiger partial charge in [-0.3, -0.25) is 9.59 Å². The van der Waals surface area contributed by atoms with E-state index in [4.69, 9.17) is 14.2 Å². The van der Waals surface area contributed by atoms with E-state index in [1.165, 1.54) is 32.1 Å². The highest BCUT2D eigenvalue weighted by Crippen LogP contribution is 2.38. The van der Waals surface area contributed by atoms with Gasteiger partial charge in [0.05, 0.1) is 6.61 Å². The van der Waals surface area contributed by atoms with E-state index < -0.39 is 0 Å². The van der Waals surface area contributed by atoms with Gasteiger partial charge in [-0.15, -0.1) is 0 Å². The standard InChI is InChI=1S/C31H52O5/c1-6-7-8-9-10-11-16-24-34-27-20-17-21-28(35-29(32)22-14-12-18-25(2)3)31(27)36-30(33)23-15-13-19-26(4)5/h17,20-21,25-26H,6-16,18-19,22-24H2,1-5H3. The fourth-order valence-electron chi connectivity index (χ4n) is 4.01. The molecule has 0 heterocycles. The number of carbonyl (C=O) groups excluding carboxylic acids is 2. The molecule has 0 fully saturated rings. The number of ether oxygens (including phenoxy) is 3. The molecule has 1 aromatic rings. The lowest BCUT2D eigenvalue weighted by molar-refractivity contribution is -0.137. The van der Waals surface area contributed by atoms with E-state index in [1.54, 1.807) is 18.2 Å². The largest absolute Gasteiger partial charge is 0.490 e. The Morgan fingerprint density at radius 2 is 1.19 bits per heavy atom. The number of hydrogen-bond donors (Lipinski definition) is 0. The van der Waals surface area contributed by atoms with Gasteiger partial charge in [0.15, 0.2) is 11.5 Å². The maximum absolute atomic E-state index is 12.6. The highest BCUT2D eigenvalue weighted by Gasteiger charge is 2.19. The molecule has 206 valence electrons. The third-order valence-corrected chi connectivity index (χ3v) is 6.21. The smallest absolute Gasteiger partial charge is 0.311 e. The zero-order valence-corrected chi connectivity index (χ0v) is 23.7. The summed E-state index contributed by atoms with van der Waals surface area (Å²) in [4.78, 5) is 25.1. The maximum atomic E-state index is 12.6. The van der Waals surface area contributed by atoms with Crippen LogP contribution >= 0.6 is 0 Å². The van der Waals surface area contributed by atoms with Gasteiger partial charge in [0.1, 0.15) is 0 Å². The maximum Gasteiger partial charge on any atom is 0.311 e. The van der Waals surface area contributed by atoms with Crippen molar-refractivity contribution in [1.29, 1.82) is 0 Å². The summed E-state index contributed by atoms with van der Waals surface area (Å²) in [5, 5.41) is 0. The van der Waals surface area contributed by atoms with Gasteiger partial charge in [0.25, 0.3) is 0 Å². The second-order valence-corrected chi connectivity index (χ2v) is 10.8. The highest BCUT2D eigenvalue weighted by atomic mass is 16.6. The SMILES string of the molecule is CCCCCCCCCOc1cccc(OC(=O)CCCCC(C)C)c1OC(=O)CCCCC(C)C. The van der Waals surface area contributed by atoms with Gasteiger partial charge in [0, 0.05) is 12.8 Å². The Morgan fingerprint density at radius 1 is 0.667 bits per heavy atom. The summed E-state index contributed by atoms with van der Waals surface area (Å²) in [5.41, 5.74) is 0. The van der Waals surface area contributed by atoms with Crippen molar-refractivity contribution in [1.82, 2.24) is 0 Å². The molecule has 0 saturated carbocycles. The molecule has 0 bridgehead atoms. The molecular formula is C31H52O5. The van der Waals surface area contributed by atoms with Gasteiger partial charge in [-0.2, -0.15) is 0 Å². The van der Waals surface area contributed by atoms with Crippen LogP contribution in [0.25, 0.3) is 0 Å². The molecule has 0 aromatic heterocycles. The topological polar surface area (TPSA) is 61.8 Å². The first-order chi connectivity index (χ1) is 17.3. The lowest BCUT2D eigenvalue weighted by Crippen LogP contribution is -2.13. The van der Waals surface area contributed by atoms with Crippen LogP contribution in [0.2, 0.25) is 0 Å². The summed E-state index contributed by atoms with van der Waals surface area (Å²) < 4.78 is 17.4. The summed E-state index contributed by atoms with van der Waals surface area (Å²) in [7, 11) is 0. The molecule has 0 amide bonds. The Labute approximate surface area is 220 Å². The van der Waals surface area contributed by atoms with E-state index in [-0.39, 0.29) is 23.4 Å². The molecule has 5 heteroatoms. The average molecular weight is 505 g/mol. The summed E-state index contributed by atoms with van der Waals surface area (Å²) in [6, 6.07) is 5.23. The van der Waals surface area contributed by atoms with Crippen LogP contribution in [0.4, 0.5) is 0 Å². The summed E-state index contributed by atoms with van der Waals surface area (Å²) >= 11 is 0. The van der Waals surface area contributed by atoms with Crippen molar-refractivity contribution in [3.05, 3.63) is 18.2 Å². The minimum Gasteiger partial charge on any atom is -0.490 e. The zero-order chi connectivity index (χ0) is 26.6. The fraction of sp³-hybridized carbons (Fsp3) is 0.742. The monoisotopic (exact) mass is 504 g/mol. The van der Waals surface area contributed by atoms with Crippen molar-refractivity contribution in [3.63, 3.8) is 0 Å². The molecule has 0 aliphatic carbocycles. The Kier molecular flexibility index (Phi) is 17.8. The molecule has 0 saturated heterocycles. The van der Waals surface area contributed by atoms with Crippen molar-refractivity contribution in [2.45, 2.75) is 131 Å². The molecule has 0 unspecified atom stereocenters. The van der Waals surface area contributed by atoms with Gasteiger partial charge in [0.2, 0.25) is 5.75 Å². The number of rotatable bonds is 21. The van der Waals surface area contributed by atoms with E-state index >= 15 is 0 Å². The van der Waals surface area contributed by atoms with Crippen LogP contribution in [0.15, 0.2) is 18.2 Å². The predicted molar refractivity (Wildman–Crippen MR) is 148 cm³/mol. The predicted octanol–water partition coefficient (Wildman–Crippen LogP) is 9.06. The number of carbonyl (C=O) groups is 2. The Hall–Kier alpha value is -2.04. The van der Waals surface area contributed by atoms with Gasteiger partial charge in [-0.1, -0.05) is 105 Å². The van der Waals surface area contributed by atoms with Crippen molar-refractivity contribution < 1.29 is 23.8 Å². The first-order valence-corrected chi connectivity index (χ1v) is 14.5. The first-order valence-electron chi connectivity index (χ1n) is 14.5. The summed E-state index contributed by atoms with van der Waals surface area (Å²) in [6.07, 6.45) is 14.8. The Bertz CT molecular complexity index is 726. The lowest BCUT2D eigenvalue weighted by Gasteiger charge is -2.15. The van der Waals surface area contributed by atoms with Gasteiger partial charge < -0.3 is 14.2 Å². The van der Waals surface area contributed by atoms with Crippen LogP contribution < -0.4 is 14.2 Å². The minimum absolute atomic E-state index is 0.227. The summed E-state index contributed by atoms with van der Waals surface area (Å²) in [5.74, 6) is 1.56. The van der Waals surface area contributed by atoms with Crippen molar-refractivity contribution in [2.75, 3.05) is 6.61 Å². The van der Waals surface area contributed by atoms with E-state index in [0.29, 0.717) is 37.0 Å². The second-order valence-electron chi connectivity index (χ2n) is 10.8. The van der Waals surface area contributed by atoms with E-state index in [2.05, 4.69) is 34.6 Å². The Balaban J connectivity index is 2.72. The van der Waals surface area contributed by atoms with E-state index in [0.717, 1.165) is 51.4 Å². The van der Waals surface area contributed by atoms with Crippen LogP contribution in [-0.4, -0.2) is 18.5 Å². The molecule has 5 nitrogen and oxygen atoms in total. The van der Waals surface area contributed by atoms with Crippen LogP contribution in [0.5, 0.6) is 17.2 Å². The number of esters is 2. The normalized spacial score (nSPS) is 11.2.